The molecule has 1 saturated carbocycles. The second kappa shape index (κ2) is 6.02. The fourth-order valence-electron chi connectivity index (χ4n) is 2.81. The molecular weight excluding hydrogens is 326 g/mol. The van der Waals surface area contributed by atoms with Gasteiger partial charge in [-0.25, -0.2) is 0 Å². The summed E-state index contributed by atoms with van der Waals surface area (Å²) in [7, 11) is 1.89. The van der Waals surface area contributed by atoms with Crippen LogP contribution in [-0.2, 0) is 11.3 Å². The van der Waals surface area contributed by atoms with Gasteiger partial charge in [0.1, 0.15) is 0 Å². The molecule has 2 atom stereocenters. The van der Waals surface area contributed by atoms with Crippen molar-refractivity contribution in [3.05, 3.63) is 70.2 Å². The average molecular weight is 344 g/mol. The van der Waals surface area contributed by atoms with E-state index in [1.165, 1.54) is 5.56 Å². The van der Waals surface area contributed by atoms with Crippen LogP contribution in [0, 0.1) is 5.92 Å². The van der Waals surface area contributed by atoms with E-state index in [1.54, 1.807) is 0 Å². The van der Waals surface area contributed by atoms with E-state index in [4.69, 9.17) is 0 Å². The van der Waals surface area contributed by atoms with Crippen LogP contribution < -0.4 is 0 Å². The van der Waals surface area contributed by atoms with Crippen molar-refractivity contribution in [1.82, 2.24) is 4.90 Å². The van der Waals surface area contributed by atoms with E-state index in [1.807, 2.05) is 42.3 Å². The molecule has 3 heteroatoms. The first kappa shape index (κ1) is 14.3. The normalized spacial score (nSPS) is 20.1. The van der Waals surface area contributed by atoms with Crippen molar-refractivity contribution in [1.29, 1.82) is 0 Å². The van der Waals surface area contributed by atoms with Crippen LogP contribution in [0.2, 0.25) is 0 Å². The zero-order chi connectivity index (χ0) is 14.8. The molecule has 1 amide bonds. The molecule has 0 radical (unpaired) electrons. The lowest BCUT2D eigenvalue weighted by Gasteiger charge is -2.17. The van der Waals surface area contributed by atoms with Gasteiger partial charge in [0.15, 0.2) is 0 Å². The Bertz CT molecular complexity index is 641. The Balaban J connectivity index is 1.61. The molecule has 1 aliphatic carbocycles. The molecule has 0 N–H and O–H groups in total. The van der Waals surface area contributed by atoms with Crippen LogP contribution in [0.3, 0.4) is 0 Å². The molecule has 0 aromatic heterocycles. The minimum absolute atomic E-state index is 0.157. The van der Waals surface area contributed by atoms with E-state index >= 15 is 0 Å². The standard InChI is InChI=1S/C18H18BrNO/c1-20(12-13-6-5-9-15(19)10-13)18(21)17-11-16(17)14-7-3-2-4-8-14/h2-10,16-17H,11-12H2,1H3. The molecule has 2 unspecified atom stereocenters. The van der Waals surface area contributed by atoms with Gasteiger partial charge in [-0.15, -0.1) is 0 Å². The van der Waals surface area contributed by atoms with Gasteiger partial charge in [0.2, 0.25) is 5.91 Å². The predicted octanol–water partition coefficient (Wildman–Crippen LogP) is 4.21. The number of carbonyl (C=O) groups excluding carboxylic acids is 1. The third-order valence-electron chi connectivity index (χ3n) is 4.02. The lowest BCUT2D eigenvalue weighted by molar-refractivity contribution is -0.131. The summed E-state index contributed by atoms with van der Waals surface area (Å²) < 4.78 is 1.05. The van der Waals surface area contributed by atoms with Gasteiger partial charge >= 0.3 is 0 Å². The predicted molar refractivity (Wildman–Crippen MR) is 87.9 cm³/mol. The smallest absolute Gasteiger partial charge is 0.226 e. The highest BCUT2D eigenvalue weighted by atomic mass is 79.9. The van der Waals surface area contributed by atoms with Crippen molar-refractivity contribution in [2.45, 2.75) is 18.9 Å². The van der Waals surface area contributed by atoms with E-state index in [0.717, 1.165) is 16.5 Å². The minimum Gasteiger partial charge on any atom is -0.341 e. The summed E-state index contributed by atoms with van der Waals surface area (Å²) in [5.74, 6) is 0.817. The maximum absolute atomic E-state index is 12.5. The number of nitrogens with zero attached hydrogens (tertiary/aromatic N) is 1. The Hall–Kier alpha value is -1.61. The molecular formula is C18H18BrNO. The molecule has 0 bridgehead atoms. The van der Waals surface area contributed by atoms with Crippen molar-refractivity contribution in [3.63, 3.8) is 0 Å². The third-order valence-corrected chi connectivity index (χ3v) is 4.51. The molecule has 1 fully saturated rings. The summed E-state index contributed by atoms with van der Waals surface area (Å²) in [6.45, 7) is 0.663. The quantitative estimate of drug-likeness (QED) is 0.814. The fourth-order valence-corrected chi connectivity index (χ4v) is 3.25. The van der Waals surface area contributed by atoms with Crippen molar-refractivity contribution >= 4 is 21.8 Å². The first-order valence-corrected chi connectivity index (χ1v) is 7.99. The molecule has 0 spiro atoms. The zero-order valence-electron chi connectivity index (χ0n) is 12.0. The van der Waals surface area contributed by atoms with E-state index in [2.05, 4.69) is 40.2 Å². The number of amides is 1. The molecule has 0 aliphatic heterocycles. The van der Waals surface area contributed by atoms with Crippen LogP contribution in [-0.4, -0.2) is 17.9 Å². The maximum atomic E-state index is 12.5. The number of hydrogen-bond donors (Lipinski definition) is 0. The highest BCUT2D eigenvalue weighted by Gasteiger charge is 2.44. The highest BCUT2D eigenvalue weighted by Crippen LogP contribution is 2.48. The molecule has 108 valence electrons. The highest BCUT2D eigenvalue weighted by molar-refractivity contribution is 9.10. The number of benzene rings is 2. The van der Waals surface area contributed by atoms with Crippen LogP contribution in [0.5, 0.6) is 0 Å². The van der Waals surface area contributed by atoms with Gasteiger partial charge in [-0.1, -0.05) is 58.4 Å². The fraction of sp³-hybridized carbons (Fsp3) is 0.278. The molecule has 0 heterocycles. The molecule has 2 aromatic rings. The SMILES string of the molecule is CN(Cc1cccc(Br)c1)C(=O)C1CC1c1ccccc1. The molecule has 1 aliphatic rings. The largest absolute Gasteiger partial charge is 0.341 e. The van der Waals surface area contributed by atoms with Gasteiger partial charge < -0.3 is 4.90 Å². The van der Waals surface area contributed by atoms with E-state index in [9.17, 15) is 4.79 Å². The number of halogens is 1. The zero-order valence-corrected chi connectivity index (χ0v) is 13.6. The van der Waals surface area contributed by atoms with Gasteiger partial charge in [0.05, 0.1) is 0 Å². The van der Waals surface area contributed by atoms with Gasteiger partial charge in [-0.2, -0.15) is 0 Å². The molecule has 3 rings (SSSR count). The van der Waals surface area contributed by atoms with Crippen molar-refractivity contribution in [2.75, 3.05) is 7.05 Å². The first-order valence-electron chi connectivity index (χ1n) is 7.19. The van der Waals surface area contributed by atoms with Gasteiger partial charge in [0.25, 0.3) is 0 Å². The topological polar surface area (TPSA) is 20.3 Å². The first-order chi connectivity index (χ1) is 10.1. The van der Waals surface area contributed by atoms with Crippen LogP contribution in [0.25, 0.3) is 0 Å². The second-order valence-corrected chi connectivity index (χ2v) is 6.60. The van der Waals surface area contributed by atoms with Crippen molar-refractivity contribution in [2.24, 2.45) is 5.92 Å². The number of rotatable bonds is 4. The van der Waals surface area contributed by atoms with Gasteiger partial charge in [-0.05, 0) is 35.6 Å². The van der Waals surface area contributed by atoms with E-state index in [0.29, 0.717) is 12.5 Å². The van der Waals surface area contributed by atoms with Crippen LogP contribution in [0.1, 0.15) is 23.5 Å². The summed E-state index contributed by atoms with van der Waals surface area (Å²) >= 11 is 3.47. The molecule has 0 saturated heterocycles. The average Bonchev–Trinajstić information content (AvgIpc) is 3.28. The van der Waals surface area contributed by atoms with Gasteiger partial charge in [-0.3, -0.25) is 4.79 Å². The number of hydrogen-bond acceptors (Lipinski definition) is 1. The summed E-state index contributed by atoms with van der Waals surface area (Å²) in [6, 6.07) is 18.4. The van der Waals surface area contributed by atoms with Crippen molar-refractivity contribution in [3.8, 4) is 0 Å². The molecule has 21 heavy (non-hydrogen) atoms. The Morgan fingerprint density at radius 3 is 2.67 bits per heavy atom. The lowest BCUT2D eigenvalue weighted by Crippen LogP contribution is -2.28. The lowest BCUT2D eigenvalue weighted by atomic mass is 10.1. The number of carbonyl (C=O) groups is 1. The summed E-state index contributed by atoms with van der Waals surface area (Å²) in [6.07, 6.45) is 0.978. The Kier molecular flexibility index (Phi) is 4.11. The Labute approximate surface area is 133 Å². The monoisotopic (exact) mass is 343 g/mol. The van der Waals surface area contributed by atoms with Crippen LogP contribution in [0.15, 0.2) is 59.1 Å². The summed E-state index contributed by atoms with van der Waals surface area (Å²) in [5.41, 5.74) is 2.43. The van der Waals surface area contributed by atoms with E-state index < -0.39 is 0 Å². The summed E-state index contributed by atoms with van der Waals surface area (Å²) in [5, 5.41) is 0. The van der Waals surface area contributed by atoms with E-state index in [-0.39, 0.29) is 11.8 Å². The second-order valence-electron chi connectivity index (χ2n) is 5.68. The molecule has 2 aromatic carbocycles. The van der Waals surface area contributed by atoms with Crippen LogP contribution in [0.4, 0.5) is 0 Å². The van der Waals surface area contributed by atoms with Crippen molar-refractivity contribution < 1.29 is 4.79 Å². The molecule has 2 nitrogen and oxygen atoms in total. The summed E-state index contributed by atoms with van der Waals surface area (Å²) in [4.78, 5) is 14.3. The third kappa shape index (κ3) is 3.35. The van der Waals surface area contributed by atoms with Gasteiger partial charge in [0, 0.05) is 24.0 Å². The maximum Gasteiger partial charge on any atom is 0.226 e. The van der Waals surface area contributed by atoms with Crippen LogP contribution >= 0.6 is 15.9 Å². The Morgan fingerprint density at radius 2 is 1.95 bits per heavy atom. The minimum atomic E-state index is 0.157. The Morgan fingerprint density at radius 1 is 1.19 bits per heavy atom.